The molecule has 3 aromatic heterocycles. The molecule has 4 heterocycles. The number of rotatable bonds is 5. The van der Waals surface area contributed by atoms with E-state index in [1.54, 1.807) is 6.20 Å². The van der Waals surface area contributed by atoms with E-state index in [0.717, 1.165) is 47.8 Å². The Hall–Kier alpha value is -3.58. The van der Waals surface area contributed by atoms with Crippen molar-refractivity contribution in [1.82, 2.24) is 19.9 Å². The smallest absolute Gasteiger partial charge is 0.162 e. The third-order valence-electron chi connectivity index (χ3n) is 7.84. The van der Waals surface area contributed by atoms with Gasteiger partial charge in [-0.05, 0) is 73.3 Å². The Morgan fingerprint density at radius 1 is 0.944 bits per heavy atom. The molecule has 0 amide bonds. The fourth-order valence-electron chi connectivity index (χ4n) is 5.80. The molecule has 0 radical (unpaired) electrons. The fraction of sp³-hybridized carbons (Fsp3) is 0.379. The molecule has 2 N–H and O–H groups in total. The van der Waals surface area contributed by atoms with Crippen LogP contribution in [0.15, 0.2) is 55.0 Å². The van der Waals surface area contributed by atoms with Crippen LogP contribution >= 0.6 is 0 Å². The van der Waals surface area contributed by atoms with E-state index in [0.29, 0.717) is 11.7 Å². The Morgan fingerprint density at radius 2 is 1.81 bits per heavy atom. The Morgan fingerprint density at radius 3 is 2.64 bits per heavy atom. The summed E-state index contributed by atoms with van der Waals surface area (Å²) < 4.78 is 0. The van der Waals surface area contributed by atoms with Gasteiger partial charge in [-0.25, -0.2) is 15.0 Å². The van der Waals surface area contributed by atoms with Crippen LogP contribution in [0.1, 0.15) is 60.8 Å². The number of piperidine rings is 1. The number of hydrogen-bond donors (Lipinski definition) is 2. The first kappa shape index (κ1) is 21.7. The Balaban J connectivity index is 1.25. The number of pyridine rings is 2. The number of hydrogen-bond acceptors (Lipinski definition) is 7. The van der Waals surface area contributed by atoms with Crippen molar-refractivity contribution in [1.29, 1.82) is 0 Å². The Kier molecular flexibility index (Phi) is 5.31. The molecule has 4 aromatic rings. The minimum atomic E-state index is -0.554. The molecule has 7 rings (SSSR count). The lowest BCUT2D eigenvalue weighted by Gasteiger charge is -2.29. The topological polar surface area (TPSA) is 87.1 Å². The first-order valence-corrected chi connectivity index (χ1v) is 13.1. The van der Waals surface area contributed by atoms with Gasteiger partial charge < -0.3 is 15.3 Å². The van der Waals surface area contributed by atoms with Crippen LogP contribution in [0.3, 0.4) is 0 Å². The SMILES string of the molecule is O[C@H]1c2ccccc2CC1Nc1cc(-c2nc(N3CCCCC3)c3c(C4CC4)cncc3n2)ccn1. The van der Waals surface area contributed by atoms with E-state index in [2.05, 4.69) is 26.3 Å². The summed E-state index contributed by atoms with van der Waals surface area (Å²) in [5.74, 6) is 3.04. The van der Waals surface area contributed by atoms with Crippen LogP contribution < -0.4 is 10.2 Å². The summed E-state index contributed by atoms with van der Waals surface area (Å²) in [5, 5.41) is 15.5. The van der Waals surface area contributed by atoms with Crippen LogP contribution in [0.2, 0.25) is 0 Å². The van der Waals surface area contributed by atoms with Gasteiger partial charge in [0.25, 0.3) is 0 Å². The largest absolute Gasteiger partial charge is 0.386 e. The van der Waals surface area contributed by atoms with Gasteiger partial charge in [-0.2, -0.15) is 0 Å². The predicted molar refractivity (Wildman–Crippen MR) is 141 cm³/mol. The summed E-state index contributed by atoms with van der Waals surface area (Å²) in [6, 6.07) is 11.9. The van der Waals surface area contributed by atoms with Gasteiger partial charge in [-0.3, -0.25) is 4.98 Å². The van der Waals surface area contributed by atoms with Crippen molar-refractivity contribution < 1.29 is 5.11 Å². The minimum Gasteiger partial charge on any atom is -0.386 e. The average Bonchev–Trinajstić information content (AvgIpc) is 3.73. The van der Waals surface area contributed by atoms with Gasteiger partial charge in [0.15, 0.2) is 5.82 Å². The van der Waals surface area contributed by atoms with Crippen molar-refractivity contribution in [2.24, 2.45) is 0 Å². The summed E-state index contributed by atoms with van der Waals surface area (Å²) in [4.78, 5) is 21.7. The lowest BCUT2D eigenvalue weighted by molar-refractivity contribution is 0.167. The number of aromatic nitrogens is 4. The number of anilines is 2. The second-order valence-electron chi connectivity index (χ2n) is 10.3. The second-order valence-corrected chi connectivity index (χ2v) is 10.3. The average molecular weight is 479 g/mol. The second kappa shape index (κ2) is 8.82. The monoisotopic (exact) mass is 478 g/mol. The van der Waals surface area contributed by atoms with Crippen molar-refractivity contribution in [3.8, 4) is 11.4 Å². The highest BCUT2D eigenvalue weighted by atomic mass is 16.3. The maximum absolute atomic E-state index is 10.8. The zero-order valence-corrected chi connectivity index (χ0v) is 20.3. The van der Waals surface area contributed by atoms with Gasteiger partial charge in [0.2, 0.25) is 0 Å². The maximum Gasteiger partial charge on any atom is 0.162 e. The van der Waals surface area contributed by atoms with Crippen LogP contribution in [0.4, 0.5) is 11.6 Å². The highest BCUT2D eigenvalue weighted by Crippen LogP contribution is 2.45. The highest BCUT2D eigenvalue weighted by Gasteiger charge is 2.31. The molecule has 1 aromatic carbocycles. The number of aliphatic hydroxyl groups is 1. The fourth-order valence-corrected chi connectivity index (χ4v) is 5.80. The van der Waals surface area contributed by atoms with Crippen LogP contribution in [-0.4, -0.2) is 44.2 Å². The lowest BCUT2D eigenvalue weighted by atomic mass is 10.1. The lowest BCUT2D eigenvalue weighted by Crippen LogP contribution is -2.30. The van der Waals surface area contributed by atoms with Crippen LogP contribution in [0.5, 0.6) is 0 Å². The van der Waals surface area contributed by atoms with Gasteiger partial charge in [0.05, 0.1) is 23.9 Å². The molecule has 2 atom stereocenters. The van der Waals surface area contributed by atoms with E-state index in [9.17, 15) is 5.11 Å². The number of fused-ring (bicyclic) bond motifs is 2. The van der Waals surface area contributed by atoms with E-state index < -0.39 is 6.10 Å². The minimum absolute atomic E-state index is 0.114. The molecule has 3 aliphatic rings. The van der Waals surface area contributed by atoms with Crippen molar-refractivity contribution in [2.75, 3.05) is 23.3 Å². The number of benzene rings is 1. The zero-order chi connectivity index (χ0) is 24.1. The molecule has 0 bridgehead atoms. The van der Waals surface area contributed by atoms with Crippen LogP contribution in [0.25, 0.3) is 22.3 Å². The number of nitrogens with zero attached hydrogens (tertiary/aromatic N) is 5. The van der Waals surface area contributed by atoms with Crippen LogP contribution in [-0.2, 0) is 6.42 Å². The van der Waals surface area contributed by atoms with E-state index in [1.807, 2.05) is 42.7 Å². The summed E-state index contributed by atoms with van der Waals surface area (Å²) in [6.45, 7) is 2.06. The molecule has 1 unspecified atom stereocenters. The van der Waals surface area contributed by atoms with E-state index in [4.69, 9.17) is 9.97 Å². The Labute approximate surface area is 210 Å². The van der Waals surface area contributed by atoms with E-state index in [-0.39, 0.29) is 6.04 Å². The van der Waals surface area contributed by atoms with Crippen molar-refractivity contribution >= 4 is 22.5 Å². The molecule has 1 saturated heterocycles. The molecule has 0 spiro atoms. The third-order valence-corrected chi connectivity index (χ3v) is 7.84. The van der Waals surface area contributed by atoms with Gasteiger partial charge in [-0.15, -0.1) is 0 Å². The molecule has 36 heavy (non-hydrogen) atoms. The van der Waals surface area contributed by atoms with Crippen molar-refractivity contribution in [3.63, 3.8) is 0 Å². The van der Waals surface area contributed by atoms with Crippen LogP contribution in [0, 0.1) is 0 Å². The molecular formula is C29H30N6O. The first-order valence-electron chi connectivity index (χ1n) is 13.1. The standard InChI is InChI=1S/C29H30N6O/c36-27-21-7-3-2-6-19(21)14-23(27)32-25-15-20(10-11-31-25)28-33-24-17-30-16-22(18-8-9-18)26(24)29(34-28)35-12-4-1-5-13-35/h2-3,6-7,10-11,15-18,23,27,36H,1,4-5,8-9,12-14H2,(H,31,32)/t23?,27-/m0/s1. The van der Waals surface area contributed by atoms with Crippen molar-refractivity contribution in [3.05, 3.63) is 71.7 Å². The van der Waals surface area contributed by atoms with E-state index >= 15 is 0 Å². The van der Waals surface area contributed by atoms with Gasteiger partial charge in [-0.1, -0.05) is 24.3 Å². The molecule has 7 heteroatoms. The summed E-state index contributed by atoms with van der Waals surface area (Å²) in [7, 11) is 0. The number of aliphatic hydroxyl groups excluding tert-OH is 1. The van der Waals surface area contributed by atoms with E-state index in [1.165, 1.54) is 48.6 Å². The first-order chi connectivity index (χ1) is 17.7. The molecule has 2 fully saturated rings. The molecule has 1 saturated carbocycles. The quantitative estimate of drug-likeness (QED) is 0.416. The van der Waals surface area contributed by atoms with Gasteiger partial charge in [0, 0.05) is 36.4 Å². The highest BCUT2D eigenvalue weighted by molar-refractivity contribution is 5.94. The summed E-state index contributed by atoms with van der Waals surface area (Å²) >= 11 is 0. The molecule has 182 valence electrons. The normalized spacial score (nSPS) is 21.5. The third kappa shape index (κ3) is 3.88. The van der Waals surface area contributed by atoms with Gasteiger partial charge >= 0.3 is 0 Å². The van der Waals surface area contributed by atoms with Crippen molar-refractivity contribution in [2.45, 2.75) is 56.6 Å². The number of nitrogens with one attached hydrogen (secondary N) is 1. The molecular weight excluding hydrogens is 448 g/mol. The van der Waals surface area contributed by atoms with Gasteiger partial charge in [0.1, 0.15) is 11.6 Å². The molecule has 2 aliphatic carbocycles. The zero-order valence-electron chi connectivity index (χ0n) is 20.3. The molecule has 1 aliphatic heterocycles. The maximum atomic E-state index is 10.8. The summed E-state index contributed by atoms with van der Waals surface area (Å²) in [6.07, 6.45) is 12.0. The predicted octanol–water partition coefficient (Wildman–Crippen LogP) is 5.02. The Bertz CT molecular complexity index is 1430. The summed E-state index contributed by atoms with van der Waals surface area (Å²) in [5.41, 5.74) is 5.30. The molecule has 7 nitrogen and oxygen atoms in total.